The molecule has 3 fully saturated rings. The van der Waals surface area contributed by atoms with Crippen LogP contribution in [-0.4, -0.2) is 11.2 Å². The Morgan fingerprint density at radius 3 is 2.30 bits per heavy atom. The van der Waals surface area contributed by atoms with E-state index in [2.05, 4.69) is 54.5 Å². The Morgan fingerprint density at radius 1 is 0.933 bits per heavy atom. The molecule has 0 aliphatic heterocycles. The summed E-state index contributed by atoms with van der Waals surface area (Å²) >= 11 is 0. The molecule has 0 aromatic rings. The van der Waals surface area contributed by atoms with E-state index in [0.717, 1.165) is 41.9 Å². The molecule has 4 rings (SSSR count). The first-order valence-corrected chi connectivity index (χ1v) is 13.5. The summed E-state index contributed by atoms with van der Waals surface area (Å²) in [5, 5.41) is 10.5. The van der Waals surface area contributed by atoms with Crippen molar-refractivity contribution in [3.05, 3.63) is 11.6 Å². The Hall–Kier alpha value is -0.300. The van der Waals surface area contributed by atoms with Crippen LogP contribution in [0.25, 0.3) is 0 Å². The summed E-state index contributed by atoms with van der Waals surface area (Å²) in [6.45, 7) is 17.4. The molecule has 4 aliphatic rings. The summed E-state index contributed by atoms with van der Waals surface area (Å²) in [7, 11) is 0. The zero-order valence-corrected chi connectivity index (χ0v) is 21.1. The maximum Gasteiger partial charge on any atom is 0.0568 e. The number of allylic oxidation sites excluding steroid dienone is 2. The van der Waals surface area contributed by atoms with Gasteiger partial charge >= 0.3 is 0 Å². The van der Waals surface area contributed by atoms with Crippen LogP contribution in [0.3, 0.4) is 0 Å². The lowest BCUT2D eigenvalue weighted by Gasteiger charge is -2.59. The van der Waals surface area contributed by atoms with Crippen LogP contribution in [0.4, 0.5) is 0 Å². The quantitative estimate of drug-likeness (QED) is 0.454. The number of hydrogen-bond acceptors (Lipinski definition) is 1. The maximum atomic E-state index is 10.5. The normalized spacial score (nSPS) is 47.8. The Labute approximate surface area is 187 Å². The van der Waals surface area contributed by atoms with Crippen LogP contribution in [-0.2, 0) is 0 Å². The van der Waals surface area contributed by atoms with Crippen LogP contribution in [0.2, 0.25) is 0 Å². The van der Waals surface area contributed by atoms with Gasteiger partial charge in [0.1, 0.15) is 0 Å². The largest absolute Gasteiger partial charge is 0.393 e. The molecule has 0 radical (unpaired) electrons. The zero-order chi connectivity index (χ0) is 21.8. The first kappa shape index (κ1) is 22.9. The van der Waals surface area contributed by atoms with E-state index in [-0.39, 0.29) is 6.10 Å². The van der Waals surface area contributed by atoms with Gasteiger partial charge in [0.25, 0.3) is 0 Å². The number of rotatable bonds is 5. The topological polar surface area (TPSA) is 20.2 Å². The number of aliphatic hydroxyl groups excluding tert-OH is 1. The summed E-state index contributed by atoms with van der Waals surface area (Å²) in [6, 6.07) is 0. The number of aliphatic hydroxyl groups is 1. The second-order valence-corrected chi connectivity index (χ2v) is 13.1. The fourth-order valence-corrected chi connectivity index (χ4v) is 8.98. The van der Waals surface area contributed by atoms with Crippen molar-refractivity contribution in [2.45, 2.75) is 112 Å². The van der Waals surface area contributed by atoms with Crippen LogP contribution in [0.5, 0.6) is 0 Å². The molecule has 30 heavy (non-hydrogen) atoms. The summed E-state index contributed by atoms with van der Waals surface area (Å²) in [4.78, 5) is 0. The van der Waals surface area contributed by atoms with Gasteiger partial charge in [-0.2, -0.15) is 0 Å². The van der Waals surface area contributed by atoms with Gasteiger partial charge in [-0.1, -0.05) is 73.0 Å². The minimum absolute atomic E-state index is 0.0724. The highest BCUT2D eigenvalue weighted by atomic mass is 16.3. The first-order chi connectivity index (χ1) is 14.1. The van der Waals surface area contributed by atoms with Gasteiger partial charge < -0.3 is 5.11 Å². The molecule has 0 aromatic carbocycles. The van der Waals surface area contributed by atoms with E-state index in [4.69, 9.17) is 0 Å². The molecule has 1 N–H and O–H groups in total. The monoisotopic (exact) mass is 414 g/mol. The van der Waals surface area contributed by atoms with Crippen molar-refractivity contribution in [2.24, 2.45) is 58.2 Å². The molecule has 0 heterocycles. The number of hydrogen-bond donors (Lipinski definition) is 1. The van der Waals surface area contributed by atoms with Crippen molar-refractivity contribution in [3.8, 4) is 0 Å². The van der Waals surface area contributed by atoms with Gasteiger partial charge in [0.05, 0.1) is 6.10 Å². The molecule has 2 unspecified atom stereocenters. The van der Waals surface area contributed by atoms with Crippen molar-refractivity contribution in [1.29, 1.82) is 0 Å². The first-order valence-electron chi connectivity index (χ1n) is 13.5. The van der Waals surface area contributed by atoms with Crippen LogP contribution < -0.4 is 0 Å². The minimum atomic E-state index is -0.0724. The maximum absolute atomic E-state index is 10.5. The Balaban J connectivity index is 1.51. The van der Waals surface area contributed by atoms with Crippen molar-refractivity contribution in [1.82, 2.24) is 0 Å². The predicted molar refractivity (Wildman–Crippen MR) is 128 cm³/mol. The lowest BCUT2D eigenvalue weighted by atomic mass is 9.46. The third-order valence-electron chi connectivity index (χ3n) is 11.6. The van der Waals surface area contributed by atoms with Crippen LogP contribution >= 0.6 is 0 Å². The molecule has 1 heteroatoms. The highest BCUT2D eigenvalue weighted by Gasteiger charge is 2.59. The molecule has 4 aliphatic carbocycles. The van der Waals surface area contributed by atoms with Crippen LogP contribution in [0.15, 0.2) is 11.6 Å². The Bertz CT molecular complexity index is 649. The third-order valence-corrected chi connectivity index (χ3v) is 11.6. The average molecular weight is 415 g/mol. The molecule has 1 nitrogen and oxygen atoms in total. The second kappa shape index (κ2) is 8.24. The van der Waals surface area contributed by atoms with Gasteiger partial charge in [-0.05, 0) is 103 Å². The van der Waals surface area contributed by atoms with Gasteiger partial charge in [-0.15, -0.1) is 0 Å². The summed E-state index contributed by atoms with van der Waals surface area (Å²) < 4.78 is 0. The van der Waals surface area contributed by atoms with E-state index >= 15 is 0 Å². The minimum Gasteiger partial charge on any atom is -0.393 e. The van der Waals surface area contributed by atoms with Crippen LogP contribution in [0, 0.1) is 58.2 Å². The molecule has 0 amide bonds. The third kappa shape index (κ3) is 3.54. The lowest BCUT2D eigenvalue weighted by molar-refractivity contribution is -0.0774. The summed E-state index contributed by atoms with van der Waals surface area (Å²) in [6.07, 6.45) is 14.7. The Kier molecular flexibility index (Phi) is 6.28. The van der Waals surface area contributed by atoms with E-state index in [1.807, 2.05) is 5.57 Å². The summed E-state index contributed by atoms with van der Waals surface area (Å²) in [5.41, 5.74) is 2.84. The van der Waals surface area contributed by atoms with E-state index in [1.165, 1.54) is 51.4 Å². The Morgan fingerprint density at radius 2 is 1.60 bits per heavy atom. The second-order valence-electron chi connectivity index (χ2n) is 13.1. The number of fused-ring (bicyclic) bond motifs is 5. The molecule has 3 saturated carbocycles. The van der Waals surface area contributed by atoms with E-state index in [0.29, 0.717) is 22.7 Å². The SMILES string of the molecule is CC(C)[C@@H](C)CC[C@@H](C)[C@H]1CCC2C3=CC[C@@H]4[C@H](C)[C@@H](O)CC[C@@]4(C)C3CC[C@@]21C. The van der Waals surface area contributed by atoms with Gasteiger partial charge in [0.2, 0.25) is 0 Å². The molecule has 0 bridgehead atoms. The van der Waals surface area contributed by atoms with Crippen molar-refractivity contribution < 1.29 is 5.11 Å². The van der Waals surface area contributed by atoms with E-state index in [1.54, 1.807) is 0 Å². The van der Waals surface area contributed by atoms with Crippen LogP contribution in [0.1, 0.15) is 106 Å². The standard InChI is InChI=1S/C29H50O/c1-18(2)19(3)8-9-20(4)23-12-13-25-22-10-11-24-21(5)27(30)15-17-29(24,7)26(22)14-16-28(23,25)6/h10,18-21,23-27,30H,8-9,11-17H2,1-7H3/t19-,20+,21-,23+,24+,25?,26?,27-,28+,29+/m0/s1. The fraction of sp³-hybridized carbons (Fsp3) is 0.931. The van der Waals surface area contributed by atoms with Gasteiger partial charge in [-0.3, -0.25) is 0 Å². The van der Waals surface area contributed by atoms with Gasteiger partial charge in [-0.25, -0.2) is 0 Å². The van der Waals surface area contributed by atoms with Gasteiger partial charge in [0, 0.05) is 0 Å². The molecule has 0 aromatic heterocycles. The lowest BCUT2D eigenvalue weighted by Crippen LogP contribution is -2.52. The van der Waals surface area contributed by atoms with Gasteiger partial charge in [0.15, 0.2) is 0 Å². The zero-order valence-electron chi connectivity index (χ0n) is 21.1. The molecule has 172 valence electrons. The molecule has 10 atom stereocenters. The van der Waals surface area contributed by atoms with E-state index in [9.17, 15) is 5.11 Å². The smallest absolute Gasteiger partial charge is 0.0568 e. The molecule has 0 spiro atoms. The van der Waals surface area contributed by atoms with Crippen molar-refractivity contribution in [2.75, 3.05) is 0 Å². The molecular weight excluding hydrogens is 364 g/mol. The predicted octanol–water partition coefficient (Wildman–Crippen LogP) is 7.88. The average Bonchev–Trinajstić information content (AvgIpc) is 3.06. The van der Waals surface area contributed by atoms with Crippen molar-refractivity contribution >= 4 is 0 Å². The molecule has 0 saturated heterocycles. The molecular formula is C29H50O. The fourth-order valence-electron chi connectivity index (χ4n) is 8.98. The van der Waals surface area contributed by atoms with E-state index < -0.39 is 0 Å². The van der Waals surface area contributed by atoms with Crippen molar-refractivity contribution in [3.63, 3.8) is 0 Å². The highest BCUT2D eigenvalue weighted by Crippen LogP contribution is 2.67. The highest BCUT2D eigenvalue weighted by molar-refractivity contribution is 5.28. The summed E-state index contributed by atoms with van der Waals surface area (Å²) in [5.74, 6) is 6.25.